The van der Waals surface area contributed by atoms with Crippen LogP contribution < -0.4 is 5.32 Å². The van der Waals surface area contributed by atoms with Gasteiger partial charge in [-0.15, -0.1) is 0 Å². The van der Waals surface area contributed by atoms with Crippen molar-refractivity contribution in [3.63, 3.8) is 0 Å². The van der Waals surface area contributed by atoms with Crippen molar-refractivity contribution in [3.05, 3.63) is 83.8 Å². The zero-order valence-corrected chi connectivity index (χ0v) is 13.9. The second-order valence-corrected chi connectivity index (χ2v) is 6.20. The zero-order chi connectivity index (χ0) is 18.1. The van der Waals surface area contributed by atoms with Crippen LogP contribution in [0.2, 0.25) is 0 Å². The van der Waals surface area contributed by atoms with E-state index in [2.05, 4.69) is 10.3 Å². The fourth-order valence-corrected chi connectivity index (χ4v) is 3.14. The third kappa shape index (κ3) is 2.93. The van der Waals surface area contributed by atoms with E-state index in [4.69, 9.17) is 0 Å². The highest BCUT2D eigenvalue weighted by Gasteiger charge is 2.16. The Kier molecular flexibility index (Phi) is 4.14. The molecule has 26 heavy (non-hydrogen) atoms. The molecule has 4 rings (SSSR count). The molecule has 0 spiro atoms. The van der Waals surface area contributed by atoms with Gasteiger partial charge in [0.1, 0.15) is 5.82 Å². The first-order valence-corrected chi connectivity index (χ1v) is 8.34. The summed E-state index contributed by atoms with van der Waals surface area (Å²) in [5.74, 6) is -0.884. The number of aromatic nitrogens is 1. The van der Waals surface area contributed by atoms with Crippen LogP contribution in [-0.4, -0.2) is 22.5 Å². The Morgan fingerprint density at radius 3 is 2.73 bits per heavy atom. The van der Waals surface area contributed by atoms with E-state index < -0.39 is 17.8 Å². The maximum Gasteiger partial charge on any atom is 0.253 e. The fourth-order valence-electron chi connectivity index (χ4n) is 3.14. The average molecular weight is 348 g/mol. The molecule has 3 aromatic carbocycles. The van der Waals surface area contributed by atoms with E-state index in [1.807, 2.05) is 42.5 Å². The van der Waals surface area contributed by atoms with Gasteiger partial charge in [-0.05, 0) is 34.5 Å². The molecule has 4 nitrogen and oxygen atoms in total. The molecule has 0 saturated carbocycles. The van der Waals surface area contributed by atoms with Crippen LogP contribution in [0.15, 0.2) is 66.9 Å². The highest BCUT2D eigenvalue weighted by atomic mass is 19.1. The average Bonchev–Trinajstić information content (AvgIpc) is 3.11. The second-order valence-electron chi connectivity index (χ2n) is 6.20. The van der Waals surface area contributed by atoms with Gasteiger partial charge in [0.15, 0.2) is 0 Å². The Morgan fingerprint density at radius 1 is 1.08 bits per heavy atom. The lowest BCUT2D eigenvalue weighted by molar-refractivity contribution is 0.0918. The minimum atomic E-state index is -0.849. The highest BCUT2D eigenvalue weighted by Crippen LogP contribution is 2.22. The Hall–Kier alpha value is -3.18. The van der Waals surface area contributed by atoms with Crippen molar-refractivity contribution < 1.29 is 14.3 Å². The van der Waals surface area contributed by atoms with Gasteiger partial charge in [-0.3, -0.25) is 4.79 Å². The normalized spacial score (nSPS) is 12.4. The number of nitrogens with one attached hydrogen (secondary N) is 2. The number of rotatable bonds is 4. The Balaban J connectivity index is 1.51. The number of aliphatic hydroxyl groups is 1. The van der Waals surface area contributed by atoms with Crippen molar-refractivity contribution in [3.8, 4) is 0 Å². The van der Waals surface area contributed by atoms with Crippen LogP contribution in [0.3, 0.4) is 0 Å². The first-order valence-electron chi connectivity index (χ1n) is 8.34. The number of halogens is 1. The third-order valence-electron chi connectivity index (χ3n) is 4.51. The molecular formula is C21H17FN2O2. The Labute approximate surface area is 149 Å². The van der Waals surface area contributed by atoms with Gasteiger partial charge in [0.05, 0.1) is 11.7 Å². The summed E-state index contributed by atoms with van der Waals surface area (Å²) in [6.07, 6.45) is 0.629. The second kappa shape index (κ2) is 6.61. The molecule has 130 valence electrons. The number of aliphatic hydroxyl groups excluding tert-OH is 1. The maximum atomic E-state index is 14.0. The van der Waals surface area contributed by atoms with Crippen LogP contribution >= 0.6 is 0 Å². The van der Waals surface area contributed by atoms with Gasteiger partial charge in [0.25, 0.3) is 5.91 Å². The van der Waals surface area contributed by atoms with E-state index in [9.17, 15) is 14.3 Å². The quantitative estimate of drug-likeness (QED) is 0.523. The molecule has 0 fully saturated rings. The van der Waals surface area contributed by atoms with Crippen molar-refractivity contribution in [2.75, 3.05) is 6.54 Å². The van der Waals surface area contributed by atoms with E-state index in [1.165, 1.54) is 12.3 Å². The van der Waals surface area contributed by atoms with Crippen molar-refractivity contribution >= 4 is 27.6 Å². The van der Waals surface area contributed by atoms with E-state index in [0.29, 0.717) is 11.1 Å². The smallest absolute Gasteiger partial charge is 0.253 e. The molecule has 1 heterocycles. The third-order valence-corrected chi connectivity index (χ3v) is 4.51. The predicted molar refractivity (Wildman–Crippen MR) is 99.5 cm³/mol. The van der Waals surface area contributed by atoms with Gasteiger partial charge in [-0.2, -0.15) is 0 Å². The van der Waals surface area contributed by atoms with E-state index in [-0.39, 0.29) is 17.5 Å². The van der Waals surface area contributed by atoms with Crippen LogP contribution in [0.5, 0.6) is 0 Å². The molecule has 5 heteroatoms. The maximum absolute atomic E-state index is 14.0. The summed E-state index contributed by atoms with van der Waals surface area (Å²) >= 11 is 0. The van der Waals surface area contributed by atoms with Gasteiger partial charge < -0.3 is 15.4 Å². The topological polar surface area (TPSA) is 65.1 Å². The van der Waals surface area contributed by atoms with Crippen LogP contribution in [0.25, 0.3) is 21.7 Å². The molecule has 1 aromatic heterocycles. The molecule has 1 amide bonds. The number of hydrogen-bond acceptors (Lipinski definition) is 2. The number of amides is 1. The van der Waals surface area contributed by atoms with Crippen LogP contribution in [0.1, 0.15) is 22.0 Å². The van der Waals surface area contributed by atoms with Gasteiger partial charge in [-0.25, -0.2) is 4.39 Å². The number of fused-ring (bicyclic) bond motifs is 2. The molecule has 0 radical (unpaired) electrons. The largest absolute Gasteiger partial charge is 0.387 e. The highest BCUT2D eigenvalue weighted by molar-refractivity contribution is 6.06. The molecule has 0 aliphatic carbocycles. The van der Waals surface area contributed by atoms with Crippen molar-refractivity contribution in [2.24, 2.45) is 0 Å². The van der Waals surface area contributed by atoms with Crippen molar-refractivity contribution in [2.45, 2.75) is 6.10 Å². The van der Waals surface area contributed by atoms with Crippen LogP contribution in [0.4, 0.5) is 4.39 Å². The lowest BCUT2D eigenvalue weighted by Crippen LogP contribution is -2.28. The van der Waals surface area contributed by atoms with Crippen LogP contribution in [-0.2, 0) is 0 Å². The van der Waals surface area contributed by atoms with E-state index in [0.717, 1.165) is 10.8 Å². The predicted octanol–water partition coefficient (Wildman–Crippen LogP) is 3.92. The number of carbonyl (C=O) groups is 1. The molecule has 0 aliphatic rings. The van der Waals surface area contributed by atoms with Crippen molar-refractivity contribution in [1.82, 2.24) is 10.3 Å². The SMILES string of the molecule is O=C(NCC(O)c1ccc2ccccc2c1)c1c[nH]c2cccc(F)c12. The summed E-state index contributed by atoms with van der Waals surface area (Å²) in [5, 5.41) is 15.4. The molecule has 3 N–H and O–H groups in total. The molecule has 0 saturated heterocycles. The Bertz CT molecular complexity index is 1100. The number of benzene rings is 3. The first kappa shape index (κ1) is 16.3. The molecular weight excluding hydrogens is 331 g/mol. The number of aromatic amines is 1. The summed E-state index contributed by atoms with van der Waals surface area (Å²) in [4.78, 5) is 15.3. The lowest BCUT2D eigenvalue weighted by atomic mass is 10.0. The minimum Gasteiger partial charge on any atom is -0.387 e. The van der Waals surface area contributed by atoms with Gasteiger partial charge in [-0.1, -0.05) is 42.5 Å². The van der Waals surface area contributed by atoms with E-state index >= 15 is 0 Å². The summed E-state index contributed by atoms with van der Waals surface area (Å²) in [7, 11) is 0. The molecule has 1 atom stereocenters. The van der Waals surface area contributed by atoms with Gasteiger partial charge in [0, 0.05) is 23.6 Å². The summed E-state index contributed by atoms with van der Waals surface area (Å²) in [6.45, 7) is 0.0400. The molecule has 0 aliphatic heterocycles. The summed E-state index contributed by atoms with van der Waals surface area (Å²) < 4.78 is 14.0. The molecule has 0 bridgehead atoms. The molecule has 1 unspecified atom stereocenters. The van der Waals surface area contributed by atoms with Gasteiger partial charge in [0.2, 0.25) is 0 Å². The summed E-state index contributed by atoms with van der Waals surface area (Å²) in [5.41, 5.74) is 1.50. The number of H-pyrrole nitrogens is 1. The monoisotopic (exact) mass is 348 g/mol. The van der Waals surface area contributed by atoms with E-state index in [1.54, 1.807) is 12.1 Å². The minimum absolute atomic E-state index is 0.0400. The summed E-state index contributed by atoms with van der Waals surface area (Å²) in [6, 6.07) is 18.1. The first-order chi connectivity index (χ1) is 12.6. The number of carbonyl (C=O) groups excluding carboxylic acids is 1. The Morgan fingerprint density at radius 2 is 1.88 bits per heavy atom. The zero-order valence-electron chi connectivity index (χ0n) is 13.9. The lowest BCUT2D eigenvalue weighted by Gasteiger charge is -2.13. The van der Waals surface area contributed by atoms with Gasteiger partial charge >= 0.3 is 0 Å². The van der Waals surface area contributed by atoms with Crippen LogP contribution in [0, 0.1) is 5.82 Å². The standard InChI is InChI=1S/C21H17FN2O2/c22-17-6-3-7-18-20(17)16(11-23-18)21(26)24-12-19(25)15-9-8-13-4-1-2-5-14(13)10-15/h1-11,19,23,25H,12H2,(H,24,26). The molecule has 4 aromatic rings. The van der Waals surface area contributed by atoms with Crippen molar-refractivity contribution in [1.29, 1.82) is 0 Å². The fraction of sp³-hybridized carbons (Fsp3) is 0.0952. The number of hydrogen-bond donors (Lipinski definition) is 3.